The number of ether oxygens (including phenoxy) is 1. The molecule has 2 N–H and O–H groups in total. The van der Waals surface area contributed by atoms with Crippen molar-refractivity contribution in [2.24, 2.45) is 0 Å². The topological polar surface area (TPSA) is 48.1 Å². The van der Waals surface area contributed by atoms with Gasteiger partial charge >= 0.3 is 12.5 Å². The van der Waals surface area contributed by atoms with E-state index in [1.807, 2.05) is 30.3 Å². The van der Waals surface area contributed by atoms with Gasteiger partial charge in [-0.25, -0.2) is 4.39 Å². The van der Waals surface area contributed by atoms with Gasteiger partial charge in [-0.15, -0.1) is 0 Å². The van der Waals surface area contributed by atoms with Crippen LogP contribution in [0.5, 0.6) is 5.75 Å². The highest BCUT2D eigenvalue weighted by Crippen LogP contribution is 2.34. The Morgan fingerprint density at radius 3 is 2.34 bits per heavy atom. The third kappa shape index (κ3) is 5.22. The van der Waals surface area contributed by atoms with Crippen molar-refractivity contribution in [3.63, 3.8) is 0 Å². The lowest BCUT2D eigenvalue weighted by atomic mass is 9.88. The van der Waals surface area contributed by atoms with Crippen LogP contribution in [0.25, 0.3) is 0 Å². The van der Waals surface area contributed by atoms with Crippen molar-refractivity contribution in [2.75, 3.05) is 5.73 Å². The Balaban J connectivity index is 2.01. The van der Waals surface area contributed by atoms with Gasteiger partial charge in [0.05, 0.1) is 11.9 Å². The number of anilines is 1. The summed E-state index contributed by atoms with van der Waals surface area (Å²) in [6.07, 6.45) is -6.99. The van der Waals surface area contributed by atoms with Crippen LogP contribution in [0.3, 0.4) is 0 Å². The van der Waals surface area contributed by atoms with Crippen molar-refractivity contribution in [3.05, 3.63) is 89.5 Å². The van der Waals surface area contributed by atoms with Gasteiger partial charge in [0.25, 0.3) is 0 Å². The molecular formula is C21H17F5N2O. The molecule has 0 amide bonds. The lowest BCUT2D eigenvalue weighted by Crippen LogP contribution is -2.33. The minimum atomic E-state index is -4.74. The van der Waals surface area contributed by atoms with E-state index in [9.17, 15) is 22.0 Å². The summed E-state index contributed by atoms with van der Waals surface area (Å²) in [5.74, 6) is -2.13. The molecule has 0 radical (unpaired) electrons. The molecule has 1 aromatic heterocycles. The zero-order valence-electron chi connectivity index (χ0n) is 15.0. The van der Waals surface area contributed by atoms with E-state index < -0.39 is 30.0 Å². The molecule has 0 aliphatic carbocycles. The van der Waals surface area contributed by atoms with Crippen molar-refractivity contribution >= 4 is 5.69 Å². The number of alkyl halides is 4. The molecule has 0 fully saturated rings. The first kappa shape index (κ1) is 20.6. The number of hydrogen-bond donors (Lipinski definition) is 1. The van der Waals surface area contributed by atoms with E-state index in [4.69, 9.17) is 5.73 Å². The van der Waals surface area contributed by atoms with Crippen molar-refractivity contribution in [1.82, 2.24) is 4.98 Å². The lowest BCUT2D eigenvalue weighted by molar-refractivity contribution is -0.253. The van der Waals surface area contributed by atoms with Gasteiger partial charge in [-0.05, 0) is 41.8 Å². The van der Waals surface area contributed by atoms with Crippen LogP contribution in [0.15, 0.2) is 66.9 Å². The fraction of sp³-hybridized carbons (Fsp3) is 0.190. The van der Waals surface area contributed by atoms with Crippen LogP contribution >= 0.6 is 0 Å². The first-order valence-corrected chi connectivity index (χ1v) is 8.65. The Kier molecular flexibility index (Phi) is 6.00. The number of nitrogen functional groups attached to an aromatic ring is 1. The summed E-state index contributed by atoms with van der Waals surface area (Å²) in [5.41, 5.74) is 7.75. The van der Waals surface area contributed by atoms with Gasteiger partial charge in [-0.2, -0.15) is 17.6 Å². The van der Waals surface area contributed by atoms with Crippen LogP contribution in [0.2, 0.25) is 0 Å². The largest absolute Gasteiger partial charge is 0.461 e. The van der Waals surface area contributed by atoms with Crippen molar-refractivity contribution in [2.45, 2.75) is 24.9 Å². The van der Waals surface area contributed by atoms with Gasteiger partial charge in [0.2, 0.25) is 0 Å². The highest BCUT2D eigenvalue weighted by molar-refractivity contribution is 5.41. The van der Waals surface area contributed by atoms with Crippen LogP contribution in [0.4, 0.5) is 27.6 Å². The summed E-state index contributed by atoms with van der Waals surface area (Å²) >= 11 is 0. The van der Waals surface area contributed by atoms with Gasteiger partial charge in [0.15, 0.2) is 0 Å². The highest BCUT2D eigenvalue weighted by Gasteiger charge is 2.44. The third-order valence-electron chi connectivity index (χ3n) is 4.25. The fourth-order valence-electron chi connectivity index (χ4n) is 2.91. The highest BCUT2D eigenvalue weighted by atomic mass is 19.3. The number of nitrogens with zero attached hydrogens (tertiary/aromatic N) is 1. The molecule has 3 aromatic rings. The first-order valence-electron chi connectivity index (χ1n) is 8.65. The fourth-order valence-corrected chi connectivity index (χ4v) is 2.91. The minimum Gasteiger partial charge on any atom is -0.428 e. The molecule has 1 atom stereocenters. The van der Waals surface area contributed by atoms with E-state index >= 15 is 0 Å². The van der Waals surface area contributed by atoms with E-state index in [1.165, 1.54) is 6.20 Å². The zero-order chi connectivity index (χ0) is 21.0. The summed E-state index contributed by atoms with van der Waals surface area (Å²) < 4.78 is 69.7. The number of benzene rings is 2. The summed E-state index contributed by atoms with van der Waals surface area (Å²) in [5, 5.41) is 0. The Hall–Kier alpha value is -3.16. The number of halogens is 5. The van der Waals surface area contributed by atoms with E-state index in [0.29, 0.717) is 23.9 Å². The molecule has 0 aliphatic rings. The standard InChI is InChI=1S/C21H17F5N2O/c22-15-9-14(10-17(11-15)29-21(25,26)20(23)24)18(8-13-4-2-1-3-5-13)19-7-6-16(27)12-28-19/h1-7,9-12,18,20H,8,27H2/t18-/m0/s1. The van der Waals surface area contributed by atoms with Crippen LogP contribution in [-0.4, -0.2) is 17.5 Å². The number of rotatable bonds is 7. The number of aromatic nitrogens is 1. The Bertz CT molecular complexity index is 949. The maximum absolute atomic E-state index is 14.1. The van der Waals surface area contributed by atoms with Crippen molar-refractivity contribution in [3.8, 4) is 5.75 Å². The molecule has 29 heavy (non-hydrogen) atoms. The van der Waals surface area contributed by atoms with E-state index in [-0.39, 0.29) is 5.56 Å². The lowest BCUT2D eigenvalue weighted by Gasteiger charge is -2.21. The molecule has 1 heterocycles. The minimum absolute atomic E-state index is 0.256. The molecule has 8 heteroatoms. The van der Waals surface area contributed by atoms with Gasteiger partial charge in [-0.3, -0.25) is 4.98 Å². The second kappa shape index (κ2) is 8.46. The molecule has 2 aromatic carbocycles. The normalized spacial score (nSPS) is 12.8. The smallest absolute Gasteiger partial charge is 0.428 e. The van der Waals surface area contributed by atoms with Crippen molar-refractivity contribution in [1.29, 1.82) is 0 Å². The maximum atomic E-state index is 14.1. The Morgan fingerprint density at radius 1 is 1.00 bits per heavy atom. The van der Waals surface area contributed by atoms with Gasteiger partial charge in [0.1, 0.15) is 11.6 Å². The average molecular weight is 408 g/mol. The van der Waals surface area contributed by atoms with E-state index in [0.717, 1.165) is 17.7 Å². The van der Waals surface area contributed by atoms with E-state index in [2.05, 4.69) is 9.72 Å². The molecule has 3 rings (SSSR count). The summed E-state index contributed by atoms with van der Waals surface area (Å²) in [7, 11) is 0. The quantitative estimate of drug-likeness (QED) is 0.532. The Labute approximate surface area is 164 Å². The molecule has 0 saturated heterocycles. The maximum Gasteiger partial charge on any atom is 0.461 e. The van der Waals surface area contributed by atoms with Gasteiger partial charge < -0.3 is 10.5 Å². The number of pyridine rings is 1. The van der Waals surface area contributed by atoms with Gasteiger partial charge in [-0.1, -0.05) is 30.3 Å². The predicted molar refractivity (Wildman–Crippen MR) is 98.6 cm³/mol. The SMILES string of the molecule is Nc1ccc([C@@H](Cc2ccccc2)c2cc(F)cc(OC(F)(F)C(F)F)c2)nc1. The summed E-state index contributed by atoms with van der Waals surface area (Å²) in [4.78, 5) is 4.26. The second-order valence-corrected chi connectivity index (χ2v) is 6.44. The number of nitrogens with two attached hydrogens (primary N) is 1. The molecule has 152 valence electrons. The summed E-state index contributed by atoms with van der Waals surface area (Å²) in [6, 6.07) is 15.3. The van der Waals surface area contributed by atoms with Crippen LogP contribution in [-0.2, 0) is 6.42 Å². The predicted octanol–water partition coefficient (Wildman–Crippen LogP) is 5.41. The molecule has 0 spiro atoms. The molecule has 0 saturated carbocycles. The van der Waals surface area contributed by atoms with Crippen LogP contribution in [0, 0.1) is 5.82 Å². The second-order valence-electron chi connectivity index (χ2n) is 6.44. The van der Waals surface area contributed by atoms with Crippen LogP contribution in [0.1, 0.15) is 22.7 Å². The number of hydrogen-bond acceptors (Lipinski definition) is 3. The van der Waals surface area contributed by atoms with Crippen LogP contribution < -0.4 is 10.5 Å². The molecular weight excluding hydrogens is 391 g/mol. The first-order chi connectivity index (χ1) is 13.7. The van der Waals surface area contributed by atoms with Gasteiger partial charge in [0, 0.05) is 17.7 Å². The van der Waals surface area contributed by atoms with E-state index in [1.54, 1.807) is 12.1 Å². The Morgan fingerprint density at radius 2 is 1.72 bits per heavy atom. The molecule has 0 unspecified atom stereocenters. The van der Waals surface area contributed by atoms with Crippen molar-refractivity contribution < 1.29 is 26.7 Å². The molecule has 0 aliphatic heterocycles. The third-order valence-corrected chi connectivity index (χ3v) is 4.25. The summed E-state index contributed by atoms with van der Waals surface area (Å²) in [6.45, 7) is 0. The molecule has 0 bridgehead atoms. The average Bonchev–Trinajstić information content (AvgIpc) is 2.67. The monoisotopic (exact) mass is 408 g/mol. The molecule has 3 nitrogen and oxygen atoms in total. The zero-order valence-corrected chi connectivity index (χ0v) is 15.0.